The molecule has 1 amide bonds. The van der Waals surface area contributed by atoms with Crippen LogP contribution < -0.4 is 0 Å². The fourth-order valence-corrected chi connectivity index (χ4v) is 4.60. The number of rotatable bonds is 3. The molecule has 24 heavy (non-hydrogen) atoms. The Labute approximate surface area is 144 Å². The topological polar surface area (TPSA) is 43.8 Å². The molecule has 1 aliphatic heterocycles. The molecule has 3 fully saturated rings. The minimum absolute atomic E-state index is 0.172. The van der Waals surface area contributed by atoms with Crippen molar-refractivity contribution >= 4 is 5.91 Å². The monoisotopic (exact) mass is 328 g/mol. The van der Waals surface area contributed by atoms with Crippen molar-refractivity contribution in [2.75, 3.05) is 26.2 Å². The number of aliphatic hydroxyl groups excluding tert-OH is 1. The molecular weight excluding hydrogens is 300 g/mol. The minimum atomic E-state index is -0.249. The number of piperazine rings is 1. The van der Waals surface area contributed by atoms with E-state index in [1.54, 1.807) is 0 Å². The van der Waals surface area contributed by atoms with Gasteiger partial charge in [-0.15, -0.1) is 0 Å². The van der Waals surface area contributed by atoms with Gasteiger partial charge in [0, 0.05) is 32.2 Å². The van der Waals surface area contributed by atoms with E-state index in [4.69, 9.17) is 0 Å². The molecule has 1 N–H and O–H groups in total. The van der Waals surface area contributed by atoms with Crippen LogP contribution in [0.1, 0.15) is 43.2 Å². The Hall–Kier alpha value is -1.39. The molecule has 130 valence electrons. The maximum absolute atomic E-state index is 13.1. The van der Waals surface area contributed by atoms with Crippen LogP contribution >= 0.6 is 0 Å². The number of nitrogens with zero attached hydrogens (tertiary/aromatic N) is 2. The molecule has 4 nitrogen and oxygen atoms in total. The van der Waals surface area contributed by atoms with Gasteiger partial charge in [0.15, 0.2) is 0 Å². The number of carbonyl (C=O) groups excluding carboxylic acids is 1. The third-order valence-electron chi connectivity index (χ3n) is 6.24. The second-order valence-corrected chi connectivity index (χ2v) is 7.85. The average molecular weight is 328 g/mol. The zero-order valence-corrected chi connectivity index (χ0v) is 14.6. The molecule has 1 aromatic carbocycles. The second kappa shape index (κ2) is 6.16. The standard InChI is InChI=1S/C20H28N2O2/c1-15-4-2-5-16(14-15)20(8-9-20)19(24)22-12-10-21(11-13-22)17-6-3-7-18(17)23/h2,4-5,14,17-18,23H,3,6-13H2,1H3/t17-,18+/m0/s1. The van der Waals surface area contributed by atoms with Crippen LogP contribution in [0.5, 0.6) is 0 Å². The van der Waals surface area contributed by atoms with Crippen molar-refractivity contribution in [1.82, 2.24) is 9.80 Å². The number of aryl methyl sites for hydroxylation is 1. The number of amides is 1. The molecular formula is C20H28N2O2. The quantitative estimate of drug-likeness (QED) is 0.924. The molecule has 3 aliphatic rings. The summed E-state index contributed by atoms with van der Waals surface area (Å²) in [5.41, 5.74) is 2.17. The maximum Gasteiger partial charge on any atom is 0.233 e. The molecule has 1 heterocycles. The van der Waals surface area contributed by atoms with E-state index in [0.29, 0.717) is 11.9 Å². The maximum atomic E-state index is 13.1. The highest BCUT2D eigenvalue weighted by Gasteiger charge is 2.53. The van der Waals surface area contributed by atoms with E-state index in [0.717, 1.165) is 58.3 Å². The first-order valence-corrected chi connectivity index (χ1v) is 9.39. The highest BCUT2D eigenvalue weighted by molar-refractivity contribution is 5.91. The van der Waals surface area contributed by atoms with Crippen molar-refractivity contribution in [2.45, 2.75) is 56.6 Å². The van der Waals surface area contributed by atoms with Crippen molar-refractivity contribution in [3.63, 3.8) is 0 Å². The summed E-state index contributed by atoms with van der Waals surface area (Å²) in [6.45, 7) is 5.50. The second-order valence-electron chi connectivity index (χ2n) is 7.85. The molecule has 4 heteroatoms. The van der Waals surface area contributed by atoms with E-state index in [9.17, 15) is 9.90 Å². The predicted molar refractivity (Wildman–Crippen MR) is 93.9 cm³/mol. The first-order chi connectivity index (χ1) is 11.6. The van der Waals surface area contributed by atoms with Crippen molar-refractivity contribution in [1.29, 1.82) is 0 Å². The first kappa shape index (κ1) is 16.1. The van der Waals surface area contributed by atoms with E-state index in [2.05, 4.69) is 41.0 Å². The molecule has 2 saturated carbocycles. The first-order valence-electron chi connectivity index (χ1n) is 9.39. The lowest BCUT2D eigenvalue weighted by molar-refractivity contribution is -0.136. The molecule has 2 aliphatic carbocycles. The van der Waals surface area contributed by atoms with E-state index >= 15 is 0 Å². The third kappa shape index (κ3) is 2.76. The smallest absolute Gasteiger partial charge is 0.233 e. The number of aliphatic hydroxyl groups is 1. The van der Waals surface area contributed by atoms with Crippen LogP contribution in [0.25, 0.3) is 0 Å². The van der Waals surface area contributed by atoms with Crippen LogP contribution in [-0.4, -0.2) is 59.1 Å². The van der Waals surface area contributed by atoms with Gasteiger partial charge in [-0.1, -0.05) is 29.8 Å². The van der Waals surface area contributed by atoms with Gasteiger partial charge in [0.1, 0.15) is 0 Å². The summed E-state index contributed by atoms with van der Waals surface area (Å²) in [4.78, 5) is 17.6. The molecule has 2 atom stereocenters. The fraction of sp³-hybridized carbons (Fsp3) is 0.650. The van der Waals surface area contributed by atoms with Gasteiger partial charge < -0.3 is 10.0 Å². The van der Waals surface area contributed by atoms with Gasteiger partial charge in [0.2, 0.25) is 5.91 Å². The van der Waals surface area contributed by atoms with Gasteiger partial charge in [0.05, 0.1) is 11.5 Å². The van der Waals surface area contributed by atoms with Gasteiger partial charge in [-0.3, -0.25) is 9.69 Å². The molecule has 1 aromatic rings. The van der Waals surface area contributed by atoms with Gasteiger partial charge in [-0.2, -0.15) is 0 Å². The number of hydrogen-bond donors (Lipinski definition) is 1. The number of benzene rings is 1. The van der Waals surface area contributed by atoms with Crippen LogP contribution in [0, 0.1) is 6.92 Å². The van der Waals surface area contributed by atoms with Crippen LogP contribution in [0.3, 0.4) is 0 Å². The number of hydrogen-bond acceptors (Lipinski definition) is 3. The summed E-state index contributed by atoms with van der Waals surface area (Å²) in [5, 5.41) is 10.1. The van der Waals surface area contributed by atoms with E-state index < -0.39 is 0 Å². The Morgan fingerprint density at radius 1 is 1.17 bits per heavy atom. The largest absolute Gasteiger partial charge is 0.391 e. The molecule has 1 saturated heterocycles. The lowest BCUT2D eigenvalue weighted by Gasteiger charge is -2.40. The average Bonchev–Trinajstić information content (AvgIpc) is 3.30. The Morgan fingerprint density at radius 3 is 2.50 bits per heavy atom. The van der Waals surface area contributed by atoms with Crippen molar-refractivity contribution < 1.29 is 9.90 Å². The molecule has 0 aromatic heterocycles. The Balaban J connectivity index is 1.41. The van der Waals surface area contributed by atoms with E-state index in [-0.39, 0.29) is 11.5 Å². The van der Waals surface area contributed by atoms with Gasteiger partial charge in [-0.05, 0) is 44.6 Å². The summed E-state index contributed by atoms with van der Waals surface area (Å²) in [6.07, 6.45) is 4.95. The predicted octanol–water partition coefficient (Wildman–Crippen LogP) is 2.08. The van der Waals surface area contributed by atoms with E-state index in [1.165, 1.54) is 11.1 Å². The van der Waals surface area contributed by atoms with Crippen LogP contribution in [-0.2, 0) is 10.2 Å². The summed E-state index contributed by atoms with van der Waals surface area (Å²) in [5.74, 6) is 0.319. The third-order valence-corrected chi connectivity index (χ3v) is 6.24. The Kier molecular flexibility index (Phi) is 4.13. The van der Waals surface area contributed by atoms with Crippen molar-refractivity contribution in [3.8, 4) is 0 Å². The van der Waals surface area contributed by atoms with Crippen molar-refractivity contribution in [2.24, 2.45) is 0 Å². The number of carbonyl (C=O) groups is 1. The summed E-state index contributed by atoms with van der Waals surface area (Å²) in [6, 6.07) is 8.76. The van der Waals surface area contributed by atoms with Gasteiger partial charge in [-0.25, -0.2) is 0 Å². The molecule has 0 radical (unpaired) electrons. The normalized spacial score (nSPS) is 29.7. The zero-order chi connectivity index (χ0) is 16.7. The zero-order valence-electron chi connectivity index (χ0n) is 14.6. The summed E-state index contributed by atoms with van der Waals surface area (Å²) in [7, 11) is 0. The summed E-state index contributed by atoms with van der Waals surface area (Å²) >= 11 is 0. The van der Waals surface area contributed by atoms with Gasteiger partial charge in [0.25, 0.3) is 0 Å². The molecule has 0 unspecified atom stereocenters. The van der Waals surface area contributed by atoms with Gasteiger partial charge >= 0.3 is 0 Å². The highest BCUT2D eigenvalue weighted by Crippen LogP contribution is 2.50. The molecule has 0 bridgehead atoms. The highest BCUT2D eigenvalue weighted by atomic mass is 16.3. The van der Waals surface area contributed by atoms with Crippen molar-refractivity contribution in [3.05, 3.63) is 35.4 Å². The summed E-state index contributed by atoms with van der Waals surface area (Å²) < 4.78 is 0. The SMILES string of the molecule is Cc1cccc(C2(C(=O)N3CCN([C@H]4CCC[C@H]4O)CC3)CC2)c1. The van der Waals surface area contributed by atoms with Crippen LogP contribution in [0.4, 0.5) is 0 Å². The molecule has 4 rings (SSSR count). The van der Waals surface area contributed by atoms with Crippen LogP contribution in [0.2, 0.25) is 0 Å². The Morgan fingerprint density at radius 2 is 1.92 bits per heavy atom. The lowest BCUT2D eigenvalue weighted by Crippen LogP contribution is -2.55. The lowest BCUT2D eigenvalue weighted by atomic mass is 9.92. The Bertz CT molecular complexity index is 618. The van der Waals surface area contributed by atoms with E-state index in [1.807, 2.05) is 0 Å². The fourth-order valence-electron chi connectivity index (χ4n) is 4.60. The molecule has 0 spiro atoms. The van der Waals surface area contributed by atoms with Crippen LogP contribution in [0.15, 0.2) is 24.3 Å². The minimum Gasteiger partial charge on any atom is -0.391 e.